The van der Waals surface area contributed by atoms with E-state index in [1.165, 1.54) is 7.11 Å². The second kappa shape index (κ2) is 6.13. The van der Waals surface area contributed by atoms with Crippen molar-refractivity contribution in [2.24, 2.45) is 0 Å². The molecule has 3 nitrogen and oxygen atoms in total. The smallest absolute Gasteiger partial charge is 0.167 e. The number of rotatable bonds is 5. The molecule has 0 saturated carbocycles. The monoisotopic (exact) mass is 306 g/mol. The molecule has 0 saturated heterocycles. The predicted molar refractivity (Wildman–Crippen MR) is 67.5 cm³/mol. The van der Waals surface area contributed by atoms with Crippen LogP contribution in [0.2, 0.25) is 5.02 Å². The molecule has 1 rings (SSSR count). The Morgan fingerprint density at radius 2 is 2.25 bits per heavy atom. The summed E-state index contributed by atoms with van der Waals surface area (Å²) in [5.74, 6) is 0.973. The number of ether oxygens (including phenoxy) is 2. The highest BCUT2D eigenvalue weighted by Crippen LogP contribution is 2.35. The maximum atomic E-state index is 9.20. The van der Waals surface area contributed by atoms with Gasteiger partial charge in [0, 0.05) is 21.1 Å². The van der Waals surface area contributed by atoms with Crippen LogP contribution in [0.5, 0.6) is 11.5 Å². The molecule has 0 radical (unpaired) electrons. The third kappa shape index (κ3) is 3.40. The second-order valence-corrected chi connectivity index (χ2v) is 4.62. The van der Waals surface area contributed by atoms with Crippen molar-refractivity contribution in [1.29, 1.82) is 0 Å². The maximum absolute atomic E-state index is 9.20. The van der Waals surface area contributed by atoms with Crippen LogP contribution in [0.3, 0.4) is 0 Å². The average Bonchev–Trinajstić information content (AvgIpc) is 2.25. The Kier molecular flexibility index (Phi) is 5.12. The van der Waals surface area contributed by atoms with Crippen LogP contribution < -0.4 is 9.47 Å². The quantitative estimate of drug-likeness (QED) is 0.908. The molecule has 88 valence electrons. The largest absolute Gasteiger partial charge is 0.493 e. The summed E-state index contributed by atoms with van der Waals surface area (Å²) in [6.45, 7) is 3.79. The van der Waals surface area contributed by atoms with Gasteiger partial charge in [0.25, 0.3) is 0 Å². The van der Waals surface area contributed by atoms with Crippen molar-refractivity contribution in [2.45, 2.75) is 6.61 Å². The summed E-state index contributed by atoms with van der Waals surface area (Å²) in [4.78, 5) is 0. The number of hydrogen-bond acceptors (Lipinski definition) is 3. The van der Waals surface area contributed by atoms with Crippen molar-refractivity contribution in [1.82, 2.24) is 0 Å². The summed E-state index contributed by atoms with van der Waals surface area (Å²) < 4.78 is 11.3. The van der Waals surface area contributed by atoms with Crippen molar-refractivity contribution < 1.29 is 14.6 Å². The third-order valence-corrected chi connectivity index (χ3v) is 2.31. The van der Waals surface area contributed by atoms with Gasteiger partial charge in [-0.1, -0.05) is 34.1 Å². The lowest BCUT2D eigenvalue weighted by Crippen LogP contribution is -2.02. The highest BCUT2D eigenvalue weighted by Gasteiger charge is 2.12. The van der Waals surface area contributed by atoms with Crippen molar-refractivity contribution >= 4 is 27.5 Å². The SMILES string of the molecule is C=C(Br)COc1c(CO)cc(Cl)cc1OC. The maximum Gasteiger partial charge on any atom is 0.167 e. The van der Waals surface area contributed by atoms with Crippen molar-refractivity contribution in [3.8, 4) is 11.5 Å². The molecule has 0 aromatic heterocycles. The molecule has 0 heterocycles. The zero-order valence-corrected chi connectivity index (χ0v) is 11.1. The molecule has 5 heteroatoms. The average molecular weight is 308 g/mol. The summed E-state index contributed by atoms with van der Waals surface area (Å²) in [5, 5.41) is 9.69. The van der Waals surface area contributed by atoms with E-state index in [2.05, 4.69) is 22.5 Å². The number of hydrogen-bond donors (Lipinski definition) is 1. The lowest BCUT2D eigenvalue weighted by Gasteiger charge is -2.14. The normalized spacial score (nSPS) is 10.0. The molecule has 0 amide bonds. The van der Waals surface area contributed by atoms with E-state index in [0.29, 0.717) is 33.2 Å². The van der Waals surface area contributed by atoms with Crippen molar-refractivity contribution in [3.05, 3.63) is 33.8 Å². The minimum Gasteiger partial charge on any atom is -0.493 e. The van der Waals surface area contributed by atoms with Crippen LogP contribution in [0, 0.1) is 0 Å². The second-order valence-electron chi connectivity index (χ2n) is 3.06. The molecule has 1 aromatic carbocycles. The van der Waals surface area contributed by atoms with E-state index in [4.69, 9.17) is 21.1 Å². The molecule has 0 unspecified atom stereocenters. The fraction of sp³-hybridized carbons (Fsp3) is 0.273. The predicted octanol–water partition coefficient (Wildman–Crippen LogP) is 3.13. The Bertz CT molecular complexity index is 368. The van der Waals surface area contributed by atoms with Gasteiger partial charge in [-0.25, -0.2) is 0 Å². The van der Waals surface area contributed by atoms with E-state index in [9.17, 15) is 5.11 Å². The molecule has 0 aliphatic carbocycles. The van der Waals surface area contributed by atoms with Crippen LogP contribution in [0.4, 0.5) is 0 Å². The Morgan fingerprint density at radius 1 is 1.56 bits per heavy atom. The van der Waals surface area contributed by atoms with Gasteiger partial charge in [0.1, 0.15) is 6.61 Å². The Balaban J connectivity index is 3.06. The zero-order valence-electron chi connectivity index (χ0n) is 8.80. The topological polar surface area (TPSA) is 38.7 Å². The summed E-state index contributed by atoms with van der Waals surface area (Å²) in [7, 11) is 1.52. The summed E-state index contributed by atoms with van der Waals surface area (Å²) in [6.07, 6.45) is 0. The van der Waals surface area contributed by atoms with E-state index >= 15 is 0 Å². The van der Waals surface area contributed by atoms with Crippen LogP contribution in [-0.2, 0) is 6.61 Å². The van der Waals surface area contributed by atoms with Gasteiger partial charge in [0.05, 0.1) is 13.7 Å². The fourth-order valence-electron chi connectivity index (χ4n) is 1.21. The van der Waals surface area contributed by atoms with Crippen molar-refractivity contribution in [2.75, 3.05) is 13.7 Å². The van der Waals surface area contributed by atoms with Gasteiger partial charge >= 0.3 is 0 Å². The Labute approximate surface area is 108 Å². The molecule has 0 aliphatic heterocycles. The number of aliphatic hydroxyl groups excluding tert-OH is 1. The first kappa shape index (κ1) is 13.4. The molecular formula is C11H12BrClO3. The van der Waals surface area contributed by atoms with Gasteiger partial charge in [-0.15, -0.1) is 0 Å². The van der Waals surface area contributed by atoms with Gasteiger partial charge in [-0.3, -0.25) is 0 Å². The summed E-state index contributed by atoms with van der Waals surface area (Å²) >= 11 is 9.06. The highest BCUT2D eigenvalue weighted by atomic mass is 79.9. The van der Waals surface area contributed by atoms with Gasteiger partial charge < -0.3 is 14.6 Å². The first-order valence-electron chi connectivity index (χ1n) is 4.51. The van der Waals surface area contributed by atoms with E-state index < -0.39 is 0 Å². The summed E-state index contributed by atoms with van der Waals surface area (Å²) in [5.41, 5.74) is 0.582. The molecule has 1 N–H and O–H groups in total. The van der Waals surface area contributed by atoms with E-state index in [0.717, 1.165) is 0 Å². The van der Waals surface area contributed by atoms with Gasteiger partial charge in [-0.05, 0) is 6.07 Å². The number of halogens is 2. The number of methoxy groups -OCH3 is 1. The van der Waals surface area contributed by atoms with E-state index in [1.807, 2.05) is 0 Å². The van der Waals surface area contributed by atoms with Crippen molar-refractivity contribution in [3.63, 3.8) is 0 Å². The van der Waals surface area contributed by atoms with Gasteiger partial charge in [-0.2, -0.15) is 0 Å². The molecule has 0 spiro atoms. The van der Waals surface area contributed by atoms with Crippen LogP contribution in [-0.4, -0.2) is 18.8 Å². The first-order valence-corrected chi connectivity index (χ1v) is 5.69. The number of aliphatic hydroxyl groups is 1. The first-order chi connectivity index (χ1) is 7.58. The minimum absolute atomic E-state index is 0.166. The van der Waals surface area contributed by atoms with Crippen LogP contribution in [0.25, 0.3) is 0 Å². The van der Waals surface area contributed by atoms with E-state index in [1.54, 1.807) is 12.1 Å². The lowest BCUT2D eigenvalue weighted by atomic mass is 10.2. The third-order valence-electron chi connectivity index (χ3n) is 1.86. The Morgan fingerprint density at radius 3 is 2.75 bits per heavy atom. The molecule has 0 bridgehead atoms. The van der Waals surface area contributed by atoms with Gasteiger partial charge in [0.2, 0.25) is 0 Å². The molecule has 16 heavy (non-hydrogen) atoms. The Hall–Kier alpha value is -0.710. The molecule has 0 aliphatic rings. The molecule has 0 fully saturated rings. The molecule has 0 atom stereocenters. The van der Waals surface area contributed by atoms with Gasteiger partial charge in [0.15, 0.2) is 11.5 Å². The zero-order chi connectivity index (χ0) is 12.1. The minimum atomic E-state index is -0.166. The highest BCUT2D eigenvalue weighted by molar-refractivity contribution is 9.11. The van der Waals surface area contributed by atoms with Crippen LogP contribution in [0.1, 0.15) is 5.56 Å². The summed E-state index contributed by atoms with van der Waals surface area (Å²) in [6, 6.07) is 3.27. The lowest BCUT2D eigenvalue weighted by molar-refractivity contribution is 0.264. The van der Waals surface area contributed by atoms with Crippen LogP contribution >= 0.6 is 27.5 Å². The number of benzene rings is 1. The standard InChI is InChI=1S/C11H12BrClO3/c1-7(12)6-16-11-8(5-14)3-9(13)4-10(11)15-2/h3-4,14H,1,5-6H2,2H3. The molecular weight excluding hydrogens is 295 g/mol. The fourth-order valence-corrected chi connectivity index (χ4v) is 1.55. The van der Waals surface area contributed by atoms with E-state index in [-0.39, 0.29) is 6.61 Å². The van der Waals surface area contributed by atoms with Crippen LogP contribution in [0.15, 0.2) is 23.2 Å². The molecule has 1 aromatic rings.